The van der Waals surface area contributed by atoms with E-state index in [0.29, 0.717) is 76.1 Å². The number of aliphatic hydroxyl groups excluding tert-OH is 2. The van der Waals surface area contributed by atoms with Crippen LogP contribution >= 0.6 is 0 Å². The van der Waals surface area contributed by atoms with Crippen molar-refractivity contribution in [2.45, 2.75) is 123 Å². The summed E-state index contributed by atoms with van der Waals surface area (Å²) in [6.45, 7) is 14.9. The van der Waals surface area contributed by atoms with Crippen LogP contribution in [0.2, 0.25) is 0 Å². The van der Waals surface area contributed by atoms with Crippen LogP contribution < -0.4 is 25.7 Å². The SMILES string of the molecule is C/C1=C/C=C/C(C)[C@H](O)CC(O)C[C@H](OC(=O)CC(=O)N2CCCN(c3ncccn3)CC2)CC/C=C/O[C@@]2(C)Oc3c(C)c(O)c4c(O)c(c5c(c4c3C2=O)NC2(CCN(CC(C)C)CC2)N=5)=NC1=O. The molecule has 0 aliphatic carbocycles. The highest BCUT2D eigenvalue weighted by atomic mass is 16.7. The molecule has 2 fully saturated rings. The van der Waals surface area contributed by atoms with Crippen molar-refractivity contribution in [1.82, 2.24) is 19.8 Å². The quantitative estimate of drug-likeness (QED) is 0.131. The van der Waals surface area contributed by atoms with Crippen molar-refractivity contribution in [3.05, 3.63) is 76.4 Å². The molecule has 5 atom stereocenters. The molecule has 2 amide bonds. The number of carbonyl (C=O) groups excluding carboxylic acids is 4. The lowest BCUT2D eigenvalue weighted by Crippen LogP contribution is -2.47. The molecule has 5 N–H and O–H groups in total. The van der Waals surface area contributed by atoms with E-state index < -0.39 is 65.5 Å². The van der Waals surface area contributed by atoms with Crippen LogP contribution in [0.5, 0.6) is 17.2 Å². The number of rotatable bonds is 6. The Balaban J connectivity index is 1.08. The van der Waals surface area contributed by atoms with Gasteiger partial charge in [0.05, 0.1) is 35.1 Å². The van der Waals surface area contributed by atoms with Crippen LogP contribution in [0.15, 0.2) is 64.6 Å². The Morgan fingerprint density at radius 3 is 2.45 bits per heavy atom. The third-order valence-corrected chi connectivity index (χ3v) is 14.0. The molecule has 19 nitrogen and oxygen atoms in total. The summed E-state index contributed by atoms with van der Waals surface area (Å²) >= 11 is 0. The van der Waals surface area contributed by atoms with Gasteiger partial charge in [-0.3, -0.25) is 24.2 Å². The van der Waals surface area contributed by atoms with E-state index in [1.165, 1.54) is 19.3 Å². The molecule has 1 aromatic heterocycles. The third-order valence-electron chi connectivity index (χ3n) is 14.0. The van der Waals surface area contributed by atoms with E-state index >= 15 is 0 Å². The number of aromatic nitrogens is 2. The monoisotopic (exact) mass is 978 g/mol. The second kappa shape index (κ2) is 21.1. The van der Waals surface area contributed by atoms with Crippen LogP contribution in [-0.4, -0.2) is 139 Å². The van der Waals surface area contributed by atoms with Gasteiger partial charge in [-0.2, -0.15) is 0 Å². The predicted molar refractivity (Wildman–Crippen MR) is 262 cm³/mol. The number of phenolic OH excluding ortho intramolecular Hbond substituents is 2. The largest absolute Gasteiger partial charge is 0.507 e. The molecule has 2 unspecified atom stereocenters. The summed E-state index contributed by atoms with van der Waals surface area (Å²) in [4.78, 5) is 79.6. The van der Waals surface area contributed by atoms with E-state index in [4.69, 9.17) is 19.2 Å². The lowest BCUT2D eigenvalue weighted by atomic mass is 9.92. The number of ether oxygens (including phenoxy) is 3. The van der Waals surface area contributed by atoms with Gasteiger partial charge in [0, 0.05) is 107 Å². The molecule has 2 aromatic carbocycles. The second-order valence-electron chi connectivity index (χ2n) is 20.0. The number of carbonyl (C=O) groups is 4. The highest BCUT2D eigenvalue weighted by Gasteiger charge is 2.50. The smallest absolute Gasteiger partial charge is 0.315 e. The van der Waals surface area contributed by atoms with Crippen molar-refractivity contribution in [3.63, 3.8) is 0 Å². The minimum absolute atomic E-state index is 0.0479. The van der Waals surface area contributed by atoms with Gasteiger partial charge < -0.3 is 54.7 Å². The minimum Gasteiger partial charge on any atom is -0.507 e. The van der Waals surface area contributed by atoms with Gasteiger partial charge in [0.1, 0.15) is 40.4 Å². The fraction of sp³-hybridized carbons (Fsp3) is 0.538. The standard InChI is InChI=1S/C52H66N8O11/c1-30(2)29-58-21-15-52(16-22-58)56-42-39-40-45(65)33(5)47-41(39)48(67)51(6,71-47)69-25-8-7-14-35(70-38(64)28-37(63)59-19-11-20-60(24-23-59)50-53-17-10-18-54-50)26-34(61)27-36(62)31(3)12-9-13-32(4)49(68)55-44(46(40)66)43(42)57-52/h8-10,12-13,17-18,25,30-31,34-36,56,61-62,65-66H,7,11,14-16,19-24,26-29H2,1-6H3/b12-9+,25-8+,32-13-,55-44?/t31?,34?,35-,36-,51+/m1/s1. The summed E-state index contributed by atoms with van der Waals surface area (Å²) < 4.78 is 18.2. The van der Waals surface area contributed by atoms with Gasteiger partial charge in [-0.15, -0.1) is 0 Å². The molecule has 2 saturated heterocycles. The average Bonchev–Trinajstić information content (AvgIpc) is 3.69. The Labute approximate surface area is 412 Å². The van der Waals surface area contributed by atoms with Crippen molar-refractivity contribution in [3.8, 4) is 17.2 Å². The van der Waals surface area contributed by atoms with Crippen LogP contribution in [0.3, 0.4) is 0 Å². The summed E-state index contributed by atoms with van der Waals surface area (Å²) in [7, 11) is 0. The Bertz CT molecular complexity index is 2770. The number of aliphatic hydroxyl groups is 2. The number of Topliss-reactive ketones (excluding diaryl/α,β-unsaturated/α-hetero) is 1. The van der Waals surface area contributed by atoms with E-state index in [-0.39, 0.29) is 81.3 Å². The highest BCUT2D eigenvalue weighted by molar-refractivity contribution is 6.21. The topological polar surface area (TPSA) is 249 Å². The predicted octanol–water partition coefficient (Wildman–Crippen LogP) is 4.29. The Morgan fingerprint density at radius 2 is 1.72 bits per heavy atom. The minimum atomic E-state index is -1.93. The van der Waals surface area contributed by atoms with E-state index in [9.17, 15) is 39.6 Å². The maximum atomic E-state index is 14.7. The number of nitrogens with one attached hydrogen (secondary N) is 1. The summed E-state index contributed by atoms with van der Waals surface area (Å²) in [5.74, 6) is -4.69. The molecule has 0 radical (unpaired) electrons. The average molecular weight is 979 g/mol. The molecule has 7 heterocycles. The lowest BCUT2D eigenvalue weighted by Gasteiger charge is -2.38. The summed E-state index contributed by atoms with van der Waals surface area (Å²) in [5.41, 5.74) is -0.141. The second-order valence-corrected chi connectivity index (χ2v) is 20.0. The fourth-order valence-electron chi connectivity index (χ4n) is 10.0. The molecule has 0 saturated carbocycles. The number of hydrogen-bond acceptors (Lipinski definition) is 17. The number of aromatic hydroxyl groups is 2. The first-order valence-corrected chi connectivity index (χ1v) is 24.7. The zero-order valence-corrected chi connectivity index (χ0v) is 41.4. The normalized spacial score (nSPS) is 26.9. The van der Waals surface area contributed by atoms with Crippen LogP contribution in [-0.2, 0) is 23.9 Å². The number of amides is 2. The molecule has 380 valence electrons. The molecule has 6 aliphatic rings. The van der Waals surface area contributed by atoms with Gasteiger partial charge in [0.2, 0.25) is 11.9 Å². The Hall–Kier alpha value is -6.44. The molecular formula is C52H66N8O11. The summed E-state index contributed by atoms with van der Waals surface area (Å²) in [6.07, 6.45) is 9.64. The van der Waals surface area contributed by atoms with E-state index in [0.717, 1.165) is 6.54 Å². The fourth-order valence-corrected chi connectivity index (χ4v) is 10.0. The number of fused-ring (bicyclic) bond motifs is 13. The maximum Gasteiger partial charge on any atom is 0.315 e. The zero-order chi connectivity index (χ0) is 50.8. The van der Waals surface area contributed by atoms with Gasteiger partial charge in [-0.25, -0.2) is 15.0 Å². The van der Waals surface area contributed by atoms with Crippen molar-refractivity contribution < 1.29 is 53.8 Å². The maximum absolute atomic E-state index is 14.7. The van der Waals surface area contributed by atoms with Crippen LogP contribution in [0.25, 0.3) is 10.8 Å². The van der Waals surface area contributed by atoms with Gasteiger partial charge in [0.25, 0.3) is 11.7 Å². The first-order chi connectivity index (χ1) is 33.9. The number of esters is 1. The number of nitrogens with zero attached hydrogens (tertiary/aromatic N) is 7. The first kappa shape index (κ1) is 50.9. The van der Waals surface area contributed by atoms with Gasteiger partial charge >= 0.3 is 11.8 Å². The van der Waals surface area contributed by atoms with Gasteiger partial charge in [-0.05, 0) is 57.6 Å². The van der Waals surface area contributed by atoms with Crippen molar-refractivity contribution >= 4 is 46.0 Å². The number of anilines is 2. The van der Waals surface area contributed by atoms with Crippen molar-refractivity contribution in [2.75, 3.05) is 56.0 Å². The van der Waals surface area contributed by atoms with Crippen molar-refractivity contribution in [2.24, 2.45) is 21.8 Å². The van der Waals surface area contributed by atoms with Gasteiger partial charge in [0.15, 0.2) is 5.75 Å². The zero-order valence-electron chi connectivity index (χ0n) is 41.4. The third kappa shape index (κ3) is 10.9. The van der Waals surface area contributed by atoms with Crippen LogP contribution in [0.1, 0.15) is 102 Å². The van der Waals surface area contributed by atoms with Crippen LogP contribution in [0, 0.1) is 18.8 Å². The molecule has 6 aliphatic heterocycles. The highest BCUT2D eigenvalue weighted by Crippen LogP contribution is 2.51. The van der Waals surface area contributed by atoms with Crippen LogP contribution in [0.4, 0.5) is 11.6 Å². The van der Waals surface area contributed by atoms with E-state index in [2.05, 4.69) is 39.0 Å². The molecule has 5 bridgehead atoms. The van der Waals surface area contributed by atoms with Crippen molar-refractivity contribution in [1.29, 1.82) is 0 Å². The number of hydrogen-bond donors (Lipinski definition) is 5. The summed E-state index contributed by atoms with van der Waals surface area (Å²) in [5, 5.41) is 50.0. The number of phenols is 2. The number of allylic oxidation sites excluding steroid dienone is 3. The molecule has 1 spiro atoms. The molecular weight excluding hydrogens is 913 g/mol. The summed E-state index contributed by atoms with van der Waals surface area (Å²) in [6, 6.07) is 1.73. The first-order valence-electron chi connectivity index (χ1n) is 24.7. The Kier molecular flexibility index (Phi) is 15.1. The van der Waals surface area contributed by atoms with E-state index in [1.54, 1.807) is 62.4 Å². The van der Waals surface area contributed by atoms with Gasteiger partial charge in [-0.1, -0.05) is 39.0 Å². The Morgan fingerprint density at radius 1 is 0.972 bits per heavy atom. The molecule has 19 heteroatoms. The lowest BCUT2D eigenvalue weighted by molar-refractivity contribution is -0.154. The molecule has 71 heavy (non-hydrogen) atoms. The number of ketones is 1. The molecule has 3 aromatic rings. The number of piperidine rings is 1. The number of benzene rings is 2. The number of likely N-dealkylation sites (tertiary alicyclic amines) is 1. The molecule has 9 rings (SSSR count). The van der Waals surface area contributed by atoms with E-state index in [1.807, 2.05) is 4.90 Å².